The van der Waals surface area contributed by atoms with Gasteiger partial charge in [0, 0.05) is 25.6 Å². The topological polar surface area (TPSA) is 39.9 Å². The molecule has 0 aliphatic heterocycles. The summed E-state index contributed by atoms with van der Waals surface area (Å²) in [4.78, 5) is 14.3. The predicted octanol–water partition coefficient (Wildman–Crippen LogP) is 14.0. The minimum Gasteiger partial charge on any atom is -0.240 e. The number of thiophene rings is 1. The van der Waals surface area contributed by atoms with Crippen molar-refractivity contribution >= 4 is 31.5 Å². The summed E-state index contributed by atoms with van der Waals surface area (Å²) in [6, 6.07) is 67.6. The van der Waals surface area contributed by atoms with Crippen molar-refractivity contribution in [1.29, 1.82) is 0 Å². The molecule has 0 saturated carbocycles. The van der Waals surface area contributed by atoms with E-state index in [4.69, 9.17) is 9.97 Å². The first kappa shape index (κ1) is 34.3. The number of aromatic amines is 1. The molecule has 3 nitrogen and oxygen atoms in total. The third-order valence-corrected chi connectivity index (χ3v) is 12.9. The smallest absolute Gasteiger partial charge is 0.240 e. The lowest BCUT2D eigenvalue weighted by Crippen LogP contribution is -2.17. The Morgan fingerprint density at radius 2 is 0.966 bits per heavy atom. The zero-order valence-electron chi connectivity index (χ0n) is 32.2. The highest BCUT2D eigenvalue weighted by Crippen LogP contribution is 2.52. The van der Waals surface area contributed by atoms with Crippen molar-refractivity contribution in [1.82, 2.24) is 9.97 Å². The van der Waals surface area contributed by atoms with Crippen molar-refractivity contribution < 1.29 is 4.98 Å². The summed E-state index contributed by atoms with van der Waals surface area (Å²) in [5.74, 6) is 2.24. The van der Waals surface area contributed by atoms with Gasteiger partial charge in [0.15, 0.2) is 0 Å². The normalized spacial score (nSPS) is 12.8. The van der Waals surface area contributed by atoms with Gasteiger partial charge >= 0.3 is 5.82 Å². The van der Waals surface area contributed by atoms with Gasteiger partial charge in [-0.3, -0.25) is 0 Å². The van der Waals surface area contributed by atoms with Crippen LogP contribution in [-0.2, 0) is 5.41 Å². The van der Waals surface area contributed by atoms with Crippen LogP contribution < -0.4 is 4.98 Å². The summed E-state index contributed by atoms with van der Waals surface area (Å²) in [7, 11) is 0. The number of hydrogen-bond donors (Lipinski definition) is 0. The van der Waals surface area contributed by atoms with Crippen molar-refractivity contribution in [2.45, 2.75) is 19.3 Å². The molecule has 0 amide bonds. The number of benzene rings is 8. The molecule has 58 heavy (non-hydrogen) atoms. The van der Waals surface area contributed by atoms with E-state index in [1.165, 1.54) is 70.2 Å². The number of H-pyrrole nitrogens is 1. The summed E-state index contributed by atoms with van der Waals surface area (Å²) in [6.45, 7) is 4.67. The monoisotopic (exact) mass is 760 g/mol. The molecular formula is C54H38N3S+. The highest BCUT2D eigenvalue weighted by Gasteiger charge is 2.36. The Kier molecular flexibility index (Phi) is 8.02. The Labute approximate surface area is 342 Å². The molecule has 0 saturated heterocycles. The summed E-state index contributed by atoms with van der Waals surface area (Å²) in [5, 5.41) is 2.38. The molecule has 2 heterocycles. The second-order valence-electron chi connectivity index (χ2n) is 15.7. The number of nitrogens with zero attached hydrogens (tertiary/aromatic N) is 2. The van der Waals surface area contributed by atoms with Crippen LogP contribution in [0.1, 0.15) is 25.0 Å². The average molecular weight is 761 g/mol. The van der Waals surface area contributed by atoms with E-state index in [9.17, 15) is 0 Å². The molecule has 8 aromatic carbocycles. The summed E-state index contributed by atoms with van der Waals surface area (Å²) in [5.41, 5.74) is 15.5. The van der Waals surface area contributed by atoms with Crippen LogP contribution in [0.2, 0.25) is 0 Å². The lowest BCUT2D eigenvalue weighted by atomic mass is 9.82. The first-order valence-corrected chi connectivity index (χ1v) is 20.6. The molecule has 0 bridgehead atoms. The van der Waals surface area contributed by atoms with Gasteiger partial charge in [0.25, 0.3) is 11.6 Å². The molecule has 0 unspecified atom stereocenters. The van der Waals surface area contributed by atoms with Crippen LogP contribution in [0.3, 0.4) is 0 Å². The minimum atomic E-state index is -0.0702. The molecule has 1 N–H and O–H groups in total. The molecule has 274 valence electrons. The van der Waals surface area contributed by atoms with Gasteiger partial charge in [0.1, 0.15) is 0 Å². The fraction of sp³-hybridized carbons (Fsp3) is 0.0556. The van der Waals surface area contributed by atoms with E-state index in [1.54, 1.807) is 0 Å². The highest BCUT2D eigenvalue weighted by molar-refractivity contribution is 7.26. The maximum Gasteiger partial charge on any atom is 0.309 e. The molecule has 1 aliphatic rings. The first-order chi connectivity index (χ1) is 28.5. The third kappa shape index (κ3) is 5.68. The van der Waals surface area contributed by atoms with Crippen LogP contribution in [0.15, 0.2) is 188 Å². The Hall–Kier alpha value is -7.01. The average Bonchev–Trinajstić information content (AvgIpc) is 3.78. The van der Waals surface area contributed by atoms with E-state index < -0.39 is 0 Å². The number of aromatic nitrogens is 3. The van der Waals surface area contributed by atoms with E-state index in [0.717, 1.165) is 33.9 Å². The van der Waals surface area contributed by atoms with Crippen molar-refractivity contribution in [3.8, 4) is 78.7 Å². The van der Waals surface area contributed by atoms with Gasteiger partial charge in [-0.25, -0.2) is 4.98 Å². The zero-order chi connectivity index (χ0) is 38.8. The lowest BCUT2D eigenvalue weighted by Gasteiger charge is -2.21. The Morgan fingerprint density at radius 1 is 0.414 bits per heavy atom. The fourth-order valence-corrected chi connectivity index (χ4v) is 10.0. The zero-order valence-corrected chi connectivity index (χ0v) is 33.0. The van der Waals surface area contributed by atoms with Gasteiger partial charge < -0.3 is 0 Å². The van der Waals surface area contributed by atoms with Gasteiger partial charge in [-0.05, 0) is 110 Å². The van der Waals surface area contributed by atoms with Gasteiger partial charge in [-0.2, -0.15) is 0 Å². The van der Waals surface area contributed by atoms with Crippen LogP contribution in [-0.4, -0.2) is 9.97 Å². The molecule has 10 aromatic rings. The second kappa shape index (κ2) is 13.6. The largest absolute Gasteiger partial charge is 0.309 e. The predicted molar refractivity (Wildman–Crippen MR) is 242 cm³/mol. The number of fused-ring (bicyclic) bond motifs is 6. The Morgan fingerprint density at radius 3 is 1.78 bits per heavy atom. The Bertz CT molecular complexity index is 3200. The van der Waals surface area contributed by atoms with Gasteiger partial charge in [0.2, 0.25) is 0 Å². The van der Waals surface area contributed by atoms with E-state index >= 15 is 0 Å². The number of rotatable bonds is 6. The minimum absolute atomic E-state index is 0.0702. The van der Waals surface area contributed by atoms with Crippen molar-refractivity contribution in [2.75, 3.05) is 0 Å². The summed E-state index contributed by atoms with van der Waals surface area (Å²) in [6.07, 6.45) is 0. The quantitative estimate of drug-likeness (QED) is 0.169. The highest BCUT2D eigenvalue weighted by atomic mass is 32.1. The Balaban J connectivity index is 1.07. The van der Waals surface area contributed by atoms with Crippen LogP contribution in [0.25, 0.3) is 98.8 Å². The number of hydrogen-bond acceptors (Lipinski definition) is 3. The molecule has 0 spiro atoms. The van der Waals surface area contributed by atoms with Crippen LogP contribution in [0.5, 0.6) is 0 Å². The lowest BCUT2D eigenvalue weighted by molar-refractivity contribution is -0.359. The third-order valence-electron chi connectivity index (χ3n) is 11.8. The second-order valence-corrected chi connectivity index (χ2v) is 16.7. The van der Waals surface area contributed by atoms with Gasteiger partial charge in [-0.15, -0.1) is 11.3 Å². The van der Waals surface area contributed by atoms with E-state index in [0.29, 0.717) is 5.82 Å². The van der Waals surface area contributed by atoms with E-state index in [1.807, 2.05) is 17.4 Å². The van der Waals surface area contributed by atoms with Crippen molar-refractivity contribution in [3.63, 3.8) is 0 Å². The standard InChI is InChI=1S/C54H37N3S/c1-54(2)45-26-10-9-23-42(45)49-41(24-13-27-46(49)54)39-21-12-22-40(32-39)52-55-51(35-17-7-4-8-18-35)56-53(57-52)43-25-14-28-48-50(43)44-33-38(29-30-47(44)58-48)37-20-11-19-36(31-37)34-15-5-3-6-16-34/h3-33H,1-2H3/p+1. The van der Waals surface area contributed by atoms with Gasteiger partial charge in [-0.1, -0.05) is 157 Å². The molecule has 4 heteroatoms. The van der Waals surface area contributed by atoms with Gasteiger partial charge in [0.05, 0.1) is 16.7 Å². The molecule has 1 aliphatic carbocycles. The first-order valence-electron chi connectivity index (χ1n) is 19.8. The molecule has 0 radical (unpaired) electrons. The molecular weight excluding hydrogens is 723 g/mol. The molecule has 0 atom stereocenters. The maximum absolute atomic E-state index is 5.37. The summed E-state index contributed by atoms with van der Waals surface area (Å²) >= 11 is 1.82. The van der Waals surface area contributed by atoms with Crippen LogP contribution >= 0.6 is 11.3 Å². The maximum atomic E-state index is 5.37. The fourth-order valence-electron chi connectivity index (χ4n) is 8.93. The van der Waals surface area contributed by atoms with Crippen molar-refractivity contribution in [2.24, 2.45) is 0 Å². The van der Waals surface area contributed by atoms with Crippen molar-refractivity contribution in [3.05, 3.63) is 199 Å². The number of nitrogens with one attached hydrogen (secondary N) is 1. The van der Waals surface area contributed by atoms with E-state index in [-0.39, 0.29) is 5.41 Å². The molecule has 2 aromatic heterocycles. The molecule has 0 fully saturated rings. The SMILES string of the molecule is CC1(C)c2ccccc2-c2c(-c3cccc(-c4nc(-c5cccc6sc7ccc(-c8cccc(-c9ccccc9)c8)cc7c56)nc(-c5ccccc5)[nH+]4)c3)cccc21. The summed E-state index contributed by atoms with van der Waals surface area (Å²) < 4.78 is 2.45. The van der Waals surface area contributed by atoms with E-state index in [2.05, 4.69) is 201 Å². The molecule has 11 rings (SSSR count). The van der Waals surface area contributed by atoms with Crippen LogP contribution in [0, 0.1) is 0 Å². The van der Waals surface area contributed by atoms with Crippen LogP contribution in [0.4, 0.5) is 0 Å².